The van der Waals surface area contributed by atoms with Crippen molar-refractivity contribution in [1.82, 2.24) is 10.5 Å². The van der Waals surface area contributed by atoms with Gasteiger partial charge in [-0.25, -0.2) is 0 Å². The van der Waals surface area contributed by atoms with Crippen molar-refractivity contribution in [3.63, 3.8) is 0 Å². The smallest absolute Gasteiger partial charge is 0.177 e. The first-order valence-corrected chi connectivity index (χ1v) is 6.78. The molecule has 2 rings (SSSR count). The Morgan fingerprint density at radius 1 is 1.41 bits per heavy atom. The van der Waals surface area contributed by atoms with Crippen LogP contribution in [0.25, 0.3) is 10.6 Å². The van der Waals surface area contributed by atoms with E-state index in [1.54, 1.807) is 11.3 Å². The van der Waals surface area contributed by atoms with Gasteiger partial charge in [-0.05, 0) is 18.6 Å². The number of nitrogens with one attached hydrogen (secondary N) is 1. The fourth-order valence-electron chi connectivity index (χ4n) is 1.52. The highest BCUT2D eigenvalue weighted by molar-refractivity contribution is 7.15. The number of thiophene rings is 1. The average molecular weight is 250 g/mol. The van der Waals surface area contributed by atoms with Crippen molar-refractivity contribution in [3.05, 3.63) is 28.8 Å². The van der Waals surface area contributed by atoms with Crippen molar-refractivity contribution in [1.29, 1.82) is 0 Å². The van der Waals surface area contributed by atoms with Crippen LogP contribution in [-0.4, -0.2) is 11.2 Å². The van der Waals surface area contributed by atoms with Crippen LogP contribution in [0.5, 0.6) is 0 Å². The minimum atomic E-state index is 0.462. The van der Waals surface area contributed by atoms with Crippen LogP contribution < -0.4 is 5.32 Å². The lowest BCUT2D eigenvalue weighted by Gasteiger charge is -2.03. The first kappa shape index (κ1) is 12.3. The molecular formula is C13H18N2OS. The van der Waals surface area contributed by atoms with Gasteiger partial charge in [-0.3, -0.25) is 0 Å². The van der Waals surface area contributed by atoms with Crippen LogP contribution in [0.15, 0.2) is 22.7 Å². The molecule has 0 aliphatic rings. The second-order valence-corrected chi connectivity index (χ2v) is 5.51. The summed E-state index contributed by atoms with van der Waals surface area (Å²) in [6.07, 6.45) is 1.07. The van der Waals surface area contributed by atoms with Gasteiger partial charge in [0.15, 0.2) is 5.76 Å². The molecule has 0 amide bonds. The van der Waals surface area contributed by atoms with Gasteiger partial charge in [0.2, 0.25) is 0 Å². The third-order valence-electron chi connectivity index (χ3n) is 2.50. The second kappa shape index (κ2) is 5.47. The predicted octanol–water partition coefficient (Wildman–Crippen LogP) is 3.46. The van der Waals surface area contributed by atoms with Gasteiger partial charge in [0.05, 0.1) is 10.6 Å². The molecule has 17 heavy (non-hydrogen) atoms. The topological polar surface area (TPSA) is 38.1 Å². The van der Waals surface area contributed by atoms with E-state index in [0.29, 0.717) is 6.04 Å². The molecule has 0 aliphatic heterocycles. The van der Waals surface area contributed by atoms with Crippen molar-refractivity contribution in [2.45, 2.75) is 39.8 Å². The number of aromatic nitrogens is 1. The summed E-state index contributed by atoms with van der Waals surface area (Å²) in [5, 5.41) is 7.39. The van der Waals surface area contributed by atoms with E-state index in [4.69, 9.17) is 4.52 Å². The zero-order chi connectivity index (χ0) is 12.3. The summed E-state index contributed by atoms with van der Waals surface area (Å²) >= 11 is 1.77. The van der Waals surface area contributed by atoms with E-state index in [-0.39, 0.29) is 0 Å². The van der Waals surface area contributed by atoms with E-state index in [1.807, 2.05) is 6.07 Å². The maximum atomic E-state index is 5.36. The van der Waals surface area contributed by atoms with Gasteiger partial charge in [-0.2, -0.15) is 0 Å². The van der Waals surface area contributed by atoms with Crippen molar-refractivity contribution in [2.24, 2.45) is 0 Å². The molecule has 0 unspecified atom stereocenters. The summed E-state index contributed by atoms with van der Waals surface area (Å²) in [5.74, 6) is 0.871. The summed E-state index contributed by atoms with van der Waals surface area (Å²) in [6.45, 7) is 7.16. The first-order valence-electron chi connectivity index (χ1n) is 5.97. The lowest BCUT2D eigenvalue weighted by molar-refractivity contribution is 0.418. The molecule has 3 nitrogen and oxygen atoms in total. The molecule has 0 atom stereocenters. The van der Waals surface area contributed by atoms with E-state index in [1.165, 1.54) is 4.88 Å². The predicted molar refractivity (Wildman–Crippen MR) is 71.2 cm³/mol. The highest BCUT2D eigenvalue weighted by Crippen LogP contribution is 2.28. The molecule has 2 aromatic heterocycles. The molecule has 0 aliphatic carbocycles. The van der Waals surface area contributed by atoms with E-state index in [9.17, 15) is 0 Å². The molecule has 1 N–H and O–H groups in total. The van der Waals surface area contributed by atoms with E-state index >= 15 is 0 Å². The SMILES string of the molecule is CCc1ccc(-c2cc(CNC(C)C)no2)s1. The summed E-state index contributed by atoms with van der Waals surface area (Å²) in [7, 11) is 0. The van der Waals surface area contributed by atoms with Crippen LogP contribution >= 0.6 is 11.3 Å². The summed E-state index contributed by atoms with van der Waals surface area (Å²) < 4.78 is 5.36. The normalized spacial score (nSPS) is 11.3. The molecule has 0 bridgehead atoms. The molecule has 2 heterocycles. The second-order valence-electron chi connectivity index (χ2n) is 4.34. The fourth-order valence-corrected chi connectivity index (χ4v) is 2.42. The Balaban J connectivity index is 2.07. The number of aryl methyl sites for hydroxylation is 1. The fraction of sp³-hybridized carbons (Fsp3) is 0.462. The van der Waals surface area contributed by atoms with Gasteiger partial charge in [0.25, 0.3) is 0 Å². The van der Waals surface area contributed by atoms with Crippen LogP contribution in [0.2, 0.25) is 0 Å². The minimum absolute atomic E-state index is 0.462. The standard InChI is InChI=1S/C13H18N2OS/c1-4-11-5-6-13(17-11)12-7-10(15-16-12)8-14-9(2)3/h5-7,9,14H,4,8H2,1-3H3. The minimum Gasteiger partial charge on any atom is -0.355 e. The third kappa shape index (κ3) is 3.17. The summed E-state index contributed by atoms with van der Waals surface area (Å²) in [4.78, 5) is 2.53. The molecule has 0 saturated heterocycles. The Bertz CT molecular complexity index is 473. The Hall–Kier alpha value is -1.13. The van der Waals surface area contributed by atoms with Gasteiger partial charge in [0, 0.05) is 23.5 Å². The van der Waals surface area contributed by atoms with Crippen molar-refractivity contribution >= 4 is 11.3 Å². The number of hydrogen-bond donors (Lipinski definition) is 1. The number of rotatable bonds is 5. The lowest BCUT2D eigenvalue weighted by Crippen LogP contribution is -2.21. The Kier molecular flexibility index (Phi) is 3.97. The Morgan fingerprint density at radius 3 is 2.88 bits per heavy atom. The Labute approximate surface area is 106 Å². The Morgan fingerprint density at radius 2 is 2.24 bits per heavy atom. The molecule has 92 valence electrons. The maximum Gasteiger partial charge on any atom is 0.177 e. The molecule has 0 radical (unpaired) electrons. The molecule has 4 heteroatoms. The zero-order valence-electron chi connectivity index (χ0n) is 10.5. The van der Waals surface area contributed by atoms with Crippen molar-refractivity contribution in [3.8, 4) is 10.6 Å². The largest absolute Gasteiger partial charge is 0.355 e. The highest BCUT2D eigenvalue weighted by atomic mass is 32.1. The highest BCUT2D eigenvalue weighted by Gasteiger charge is 2.09. The van der Waals surface area contributed by atoms with Crippen LogP contribution in [-0.2, 0) is 13.0 Å². The molecule has 0 aromatic carbocycles. The number of hydrogen-bond acceptors (Lipinski definition) is 4. The monoisotopic (exact) mass is 250 g/mol. The van der Waals surface area contributed by atoms with Gasteiger partial charge >= 0.3 is 0 Å². The van der Waals surface area contributed by atoms with Gasteiger partial charge in [0.1, 0.15) is 0 Å². The lowest BCUT2D eigenvalue weighted by atomic mass is 10.3. The van der Waals surface area contributed by atoms with Crippen molar-refractivity contribution in [2.75, 3.05) is 0 Å². The zero-order valence-corrected chi connectivity index (χ0v) is 11.3. The summed E-state index contributed by atoms with van der Waals surface area (Å²) in [5.41, 5.74) is 0.958. The maximum absolute atomic E-state index is 5.36. The number of nitrogens with zero attached hydrogens (tertiary/aromatic N) is 1. The van der Waals surface area contributed by atoms with Gasteiger partial charge in [-0.15, -0.1) is 11.3 Å². The van der Waals surface area contributed by atoms with E-state index < -0.39 is 0 Å². The van der Waals surface area contributed by atoms with Crippen LogP contribution in [0, 0.1) is 0 Å². The third-order valence-corrected chi connectivity index (χ3v) is 3.75. The van der Waals surface area contributed by atoms with Crippen LogP contribution in [0.4, 0.5) is 0 Å². The van der Waals surface area contributed by atoms with Gasteiger partial charge < -0.3 is 9.84 Å². The average Bonchev–Trinajstić information content (AvgIpc) is 2.94. The quantitative estimate of drug-likeness (QED) is 0.883. The van der Waals surface area contributed by atoms with Crippen molar-refractivity contribution < 1.29 is 4.52 Å². The van der Waals surface area contributed by atoms with Gasteiger partial charge in [-0.1, -0.05) is 25.9 Å². The van der Waals surface area contributed by atoms with Crippen LogP contribution in [0.1, 0.15) is 31.3 Å². The molecule has 0 spiro atoms. The van der Waals surface area contributed by atoms with E-state index in [2.05, 4.69) is 43.4 Å². The molecule has 2 aromatic rings. The van der Waals surface area contributed by atoms with E-state index in [0.717, 1.165) is 29.3 Å². The van der Waals surface area contributed by atoms with Crippen LogP contribution in [0.3, 0.4) is 0 Å². The molecule has 0 saturated carbocycles. The first-order chi connectivity index (χ1) is 8.19. The summed E-state index contributed by atoms with van der Waals surface area (Å²) in [6, 6.07) is 6.72. The molecular weight excluding hydrogens is 232 g/mol. The molecule has 0 fully saturated rings.